The molecule has 3 rings (SSSR count). The van der Waals surface area contributed by atoms with Crippen LogP contribution in [0.1, 0.15) is 22.9 Å². The Balaban J connectivity index is 1.80. The normalized spacial score (nSPS) is 14.9. The fourth-order valence-corrected chi connectivity index (χ4v) is 3.10. The fourth-order valence-electron chi connectivity index (χ4n) is 2.90. The molecular formula is C17H19ClN4O2. The van der Waals surface area contributed by atoms with Crippen LogP contribution in [0.3, 0.4) is 0 Å². The number of halogens is 1. The standard InChI is InChI=1S/C17H19ClN4O2/c1-21(2)16-13-6-7-22(9-14(13)19-10-20-16)17(24)15(23)11-4-3-5-12(18)8-11/h3-5,8,10,15,23H,6-7,9H2,1-2H3. The summed E-state index contributed by atoms with van der Waals surface area (Å²) in [5.41, 5.74) is 2.38. The summed E-state index contributed by atoms with van der Waals surface area (Å²) in [6.45, 7) is 0.896. The number of carbonyl (C=O) groups excluding carboxylic acids is 1. The number of rotatable bonds is 3. The molecule has 6 nitrogen and oxygen atoms in total. The zero-order valence-electron chi connectivity index (χ0n) is 13.6. The van der Waals surface area contributed by atoms with Gasteiger partial charge >= 0.3 is 0 Å². The Morgan fingerprint density at radius 2 is 2.17 bits per heavy atom. The van der Waals surface area contributed by atoms with E-state index in [4.69, 9.17) is 11.6 Å². The molecule has 0 aliphatic carbocycles. The molecule has 2 heterocycles. The fraction of sp³-hybridized carbons (Fsp3) is 0.353. The number of benzene rings is 1. The molecule has 126 valence electrons. The van der Waals surface area contributed by atoms with Gasteiger partial charge in [0.1, 0.15) is 12.1 Å². The van der Waals surface area contributed by atoms with E-state index in [2.05, 4.69) is 9.97 Å². The average molecular weight is 347 g/mol. The Morgan fingerprint density at radius 3 is 2.88 bits per heavy atom. The van der Waals surface area contributed by atoms with E-state index in [1.807, 2.05) is 19.0 Å². The summed E-state index contributed by atoms with van der Waals surface area (Å²) in [5, 5.41) is 10.9. The Hall–Kier alpha value is -2.18. The molecule has 1 aromatic carbocycles. The minimum Gasteiger partial charge on any atom is -0.378 e. The van der Waals surface area contributed by atoms with Gasteiger partial charge in [-0.3, -0.25) is 4.79 Å². The highest BCUT2D eigenvalue weighted by Gasteiger charge is 2.29. The van der Waals surface area contributed by atoms with E-state index < -0.39 is 6.10 Å². The van der Waals surface area contributed by atoms with Gasteiger partial charge in [0.2, 0.25) is 0 Å². The average Bonchev–Trinajstić information content (AvgIpc) is 2.59. The van der Waals surface area contributed by atoms with Gasteiger partial charge in [-0.25, -0.2) is 9.97 Å². The van der Waals surface area contributed by atoms with E-state index in [0.717, 1.165) is 17.1 Å². The molecule has 0 spiro atoms. The highest BCUT2D eigenvalue weighted by Crippen LogP contribution is 2.26. The molecule has 1 N–H and O–H groups in total. The molecular weight excluding hydrogens is 328 g/mol. The lowest BCUT2D eigenvalue weighted by Gasteiger charge is -2.31. The van der Waals surface area contributed by atoms with Crippen LogP contribution in [0.25, 0.3) is 0 Å². The van der Waals surface area contributed by atoms with E-state index in [1.54, 1.807) is 29.2 Å². The van der Waals surface area contributed by atoms with Gasteiger partial charge < -0.3 is 14.9 Å². The van der Waals surface area contributed by atoms with Crippen molar-refractivity contribution in [3.63, 3.8) is 0 Å². The zero-order valence-corrected chi connectivity index (χ0v) is 14.4. The van der Waals surface area contributed by atoms with Crippen LogP contribution in [-0.2, 0) is 17.8 Å². The lowest BCUT2D eigenvalue weighted by molar-refractivity contribution is -0.141. The quantitative estimate of drug-likeness (QED) is 0.918. The van der Waals surface area contributed by atoms with E-state index in [1.165, 1.54) is 6.33 Å². The number of carbonyl (C=O) groups is 1. The maximum Gasteiger partial charge on any atom is 0.256 e. The topological polar surface area (TPSA) is 69.6 Å². The molecule has 1 amide bonds. The van der Waals surface area contributed by atoms with Crippen molar-refractivity contribution in [1.82, 2.24) is 14.9 Å². The second-order valence-electron chi connectivity index (χ2n) is 5.98. The molecule has 0 saturated heterocycles. The van der Waals surface area contributed by atoms with Crippen molar-refractivity contribution in [1.29, 1.82) is 0 Å². The van der Waals surface area contributed by atoms with Crippen molar-refractivity contribution in [2.75, 3.05) is 25.5 Å². The van der Waals surface area contributed by atoms with Gasteiger partial charge in [-0.1, -0.05) is 23.7 Å². The first-order chi connectivity index (χ1) is 11.5. The zero-order chi connectivity index (χ0) is 17.3. The predicted molar refractivity (Wildman–Crippen MR) is 91.9 cm³/mol. The lowest BCUT2D eigenvalue weighted by atomic mass is 10.0. The van der Waals surface area contributed by atoms with Gasteiger partial charge in [-0.05, 0) is 24.1 Å². The van der Waals surface area contributed by atoms with Gasteiger partial charge in [0.25, 0.3) is 5.91 Å². The molecule has 1 unspecified atom stereocenters. The first kappa shape index (κ1) is 16.7. The molecule has 0 bridgehead atoms. The third kappa shape index (κ3) is 3.20. The Labute approximate surface area is 145 Å². The van der Waals surface area contributed by atoms with Crippen molar-refractivity contribution < 1.29 is 9.90 Å². The number of aliphatic hydroxyl groups excluding tert-OH is 1. The third-order valence-corrected chi connectivity index (χ3v) is 4.35. The number of nitrogens with zero attached hydrogens (tertiary/aromatic N) is 4. The summed E-state index contributed by atoms with van der Waals surface area (Å²) in [5.74, 6) is 0.537. The van der Waals surface area contributed by atoms with E-state index >= 15 is 0 Å². The van der Waals surface area contributed by atoms with Gasteiger partial charge in [-0.2, -0.15) is 0 Å². The first-order valence-electron chi connectivity index (χ1n) is 7.69. The maximum absolute atomic E-state index is 12.6. The summed E-state index contributed by atoms with van der Waals surface area (Å²) < 4.78 is 0. The number of aromatic nitrogens is 2. The SMILES string of the molecule is CN(C)c1ncnc2c1CCN(C(=O)C(O)c1cccc(Cl)c1)C2. The van der Waals surface area contributed by atoms with Crippen LogP contribution >= 0.6 is 11.6 Å². The smallest absolute Gasteiger partial charge is 0.256 e. The predicted octanol–water partition coefficient (Wildman–Crippen LogP) is 1.81. The van der Waals surface area contributed by atoms with E-state index in [-0.39, 0.29) is 5.91 Å². The molecule has 0 radical (unpaired) electrons. The van der Waals surface area contributed by atoms with Gasteiger partial charge in [0.05, 0.1) is 12.2 Å². The van der Waals surface area contributed by atoms with Crippen molar-refractivity contribution in [3.8, 4) is 0 Å². The second-order valence-corrected chi connectivity index (χ2v) is 6.42. The molecule has 2 aromatic rings. The van der Waals surface area contributed by atoms with Crippen LogP contribution in [0.4, 0.5) is 5.82 Å². The van der Waals surface area contributed by atoms with Crippen molar-refractivity contribution in [3.05, 3.63) is 52.4 Å². The molecule has 1 aliphatic heterocycles. The van der Waals surface area contributed by atoms with Crippen molar-refractivity contribution in [2.45, 2.75) is 19.1 Å². The number of anilines is 1. The minimum atomic E-state index is -1.22. The molecule has 24 heavy (non-hydrogen) atoms. The van der Waals surface area contributed by atoms with Gasteiger partial charge in [0.15, 0.2) is 6.10 Å². The summed E-state index contributed by atoms with van der Waals surface area (Å²) in [6, 6.07) is 6.72. The van der Waals surface area contributed by atoms with Gasteiger partial charge in [-0.15, -0.1) is 0 Å². The summed E-state index contributed by atoms with van der Waals surface area (Å²) >= 11 is 5.94. The van der Waals surface area contributed by atoms with Crippen molar-refractivity contribution in [2.24, 2.45) is 0 Å². The molecule has 1 aromatic heterocycles. The van der Waals surface area contributed by atoms with E-state index in [9.17, 15) is 9.90 Å². The third-order valence-electron chi connectivity index (χ3n) is 4.12. The molecule has 0 fully saturated rings. The highest BCUT2D eigenvalue weighted by atomic mass is 35.5. The van der Waals surface area contributed by atoms with Crippen LogP contribution in [0, 0.1) is 0 Å². The van der Waals surface area contributed by atoms with Crippen LogP contribution in [-0.4, -0.2) is 46.5 Å². The Morgan fingerprint density at radius 1 is 1.38 bits per heavy atom. The molecule has 1 atom stereocenters. The number of fused-ring (bicyclic) bond motifs is 1. The number of hydrogen-bond acceptors (Lipinski definition) is 5. The van der Waals surface area contributed by atoms with Crippen LogP contribution < -0.4 is 4.90 Å². The second kappa shape index (κ2) is 6.75. The summed E-state index contributed by atoms with van der Waals surface area (Å²) in [6.07, 6.45) is 0.952. The molecule has 0 saturated carbocycles. The number of amides is 1. The molecule has 1 aliphatic rings. The van der Waals surface area contributed by atoms with E-state index in [0.29, 0.717) is 30.1 Å². The maximum atomic E-state index is 12.6. The summed E-state index contributed by atoms with van der Waals surface area (Å²) in [7, 11) is 3.87. The Bertz CT molecular complexity index is 766. The minimum absolute atomic E-state index is 0.340. The lowest BCUT2D eigenvalue weighted by Crippen LogP contribution is -2.40. The summed E-state index contributed by atoms with van der Waals surface area (Å²) in [4.78, 5) is 24.8. The van der Waals surface area contributed by atoms with Crippen molar-refractivity contribution >= 4 is 23.3 Å². The number of aliphatic hydroxyl groups is 1. The van der Waals surface area contributed by atoms with Crippen LogP contribution in [0.5, 0.6) is 0 Å². The van der Waals surface area contributed by atoms with Crippen LogP contribution in [0.2, 0.25) is 5.02 Å². The first-order valence-corrected chi connectivity index (χ1v) is 8.07. The van der Waals surface area contributed by atoms with Crippen LogP contribution in [0.15, 0.2) is 30.6 Å². The van der Waals surface area contributed by atoms with Gasteiger partial charge in [0, 0.05) is 31.2 Å². The highest BCUT2D eigenvalue weighted by molar-refractivity contribution is 6.30. The number of hydrogen-bond donors (Lipinski definition) is 1. The monoisotopic (exact) mass is 346 g/mol. The largest absolute Gasteiger partial charge is 0.378 e. The Kier molecular flexibility index (Phi) is 4.69. The molecule has 7 heteroatoms.